The van der Waals surface area contributed by atoms with Crippen LogP contribution in [0.3, 0.4) is 0 Å². The molecular weight excluding hydrogens is 418 g/mol. The highest BCUT2D eigenvalue weighted by atomic mass is 16.2. The number of likely N-dealkylation sites (tertiary alicyclic amines) is 1. The number of hydrogen-bond donors (Lipinski definition) is 2. The Morgan fingerprint density at radius 3 is 2.39 bits per heavy atom. The number of carbonyl (C=O) groups is 2. The van der Waals surface area contributed by atoms with Crippen LogP contribution >= 0.6 is 0 Å². The molecule has 1 atom stereocenters. The van der Waals surface area contributed by atoms with Gasteiger partial charge in [0.15, 0.2) is 0 Å². The molecule has 0 spiro atoms. The van der Waals surface area contributed by atoms with Crippen molar-refractivity contribution in [3.63, 3.8) is 0 Å². The Bertz CT molecular complexity index is 1100. The molecule has 8 heteroatoms. The van der Waals surface area contributed by atoms with Crippen LogP contribution in [0.25, 0.3) is 11.0 Å². The number of aryl methyl sites for hydroxylation is 1. The number of imidazole rings is 1. The molecule has 0 radical (unpaired) electrons. The van der Waals surface area contributed by atoms with E-state index >= 15 is 0 Å². The fourth-order valence-electron chi connectivity index (χ4n) is 6.04. The summed E-state index contributed by atoms with van der Waals surface area (Å²) in [6, 6.07) is 5.99. The molecule has 2 amide bonds. The Balaban J connectivity index is 1.29. The summed E-state index contributed by atoms with van der Waals surface area (Å²) >= 11 is 0. The maximum absolute atomic E-state index is 13.0. The van der Waals surface area contributed by atoms with Crippen LogP contribution in [0.1, 0.15) is 68.9 Å². The van der Waals surface area contributed by atoms with Gasteiger partial charge < -0.3 is 10.6 Å². The summed E-state index contributed by atoms with van der Waals surface area (Å²) in [6.07, 6.45) is 7.67. The minimum atomic E-state index is -0.635. The lowest BCUT2D eigenvalue weighted by Gasteiger charge is -2.36. The second kappa shape index (κ2) is 9.06. The van der Waals surface area contributed by atoms with Crippen molar-refractivity contribution in [2.75, 3.05) is 19.6 Å². The third-order valence-electron chi connectivity index (χ3n) is 8.10. The van der Waals surface area contributed by atoms with Crippen molar-refractivity contribution in [2.45, 2.75) is 69.4 Å². The molecule has 8 nitrogen and oxygen atoms in total. The van der Waals surface area contributed by atoms with Gasteiger partial charge in [-0.05, 0) is 87.6 Å². The van der Waals surface area contributed by atoms with Crippen LogP contribution in [0.5, 0.6) is 0 Å². The van der Waals surface area contributed by atoms with Crippen molar-refractivity contribution >= 4 is 22.8 Å². The van der Waals surface area contributed by atoms with E-state index in [9.17, 15) is 14.4 Å². The predicted octanol–water partition coefficient (Wildman–Crippen LogP) is 2.01. The molecule has 3 heterocycles. The maximum Gasteiger partial charge on any atom is 0.329 e. The molecule has 1 aliphatic carbocycles. The normalized spacial score (nSPS) is 27.8. The van der Waals surface area contributed by atoms with E-state index in [-0.39, 0.29) is 23.9 Å². The molecular formula is C25H35N5O3. The van der Waals surface area contributed by atoms with Crippen LogP contribution in [0.2, 0.25) is 0 Å². The van der Waals surface area contributed by atoms with Crippen molar-refractivity contribution in [2.24, 2.45) is 18.7 Å². The Morgan fingerprint density at radius 1 is 0.970 bits per heavy atom. The van der Waals surface area contributed by atoms with E-state index in [2.05, 4.69) is 22.3 Å². The fraction of sp³-hybridized carbons (Fsp3) is 0.640. The number of fused-ring (bicyclic) bond motifs is 1. The highest BCUT2D eigenvalue weighted by Gasteiger charge is 2.32. The van der Waals surface area contributed by atoms with E-state index in [4.69, 9.17) is 5.73 Å². The van der Waals surface area contributed by atoms with E-state index in [0.29, 0.717) is 18.4 Å². The van der Waals surface area contributed by atoms with Crippen LogP contribution in [0.4, 0.5) is 0 Å². The van der Waals surface area contributed by atoms with Gasteiger partial charge in [-0.3, -0.25) is 24.0 Å². The Kier molecular flexibility index (Phi) is 6.14. The summed E-state index contributed by atoms with van der Waals surface area (Å²) in [4.78, 5) is 39.5. The molecule has 3 N–H and O–H groups in total. The van der Waals surface area contributed by atoms with Crippen LogP contribution < -0.4 is 16.7 Å². The first kappa shape index (κ1) is 22.3. The van der Waals surface area contributed by atoms with Gasteiger partial charge in [-0.15, -0.1) is 0 Å². The molecule has 178 valence electrons. The standard InChI is InChI=1S/C25H35N5O3/c1-28-22-14-18(17-4-2-16(3-5-17)15-29-12-10-19(26)11-13-29)6-7-20(22)30(25(28)33)21-8-9-23(31)27-24(21)32/h6-7,14,16-17,19,21H,2-5,8-13,15,26H2,1H3,(H,27,31,32). The van der Waals surface area contributed by atoms with Gasteiger partial charge in [-0.1, -0.05) is 6.07 Å². The number of nitrogens with two attached hydrogens (primary N) is 1. The second-order valence-corrected chi connectivity index (χ2v) is 10.3. The lowest BCUT2D eigenvalue weighted by Crippen LogP contribution is -2.44. The van der Waals surface area contributed by atoms with Gasteiger partial charge in [0.2, 0.25) is 11.8 Å². The summed E-state index contributed by atoms with van der Waals surface area (Å²) in [5, 5.41) is 2.37. The molecule has 2 saturated heterocycles. The van der Waals surface area contributed by atoms with Crippen LogP contribution in [-0.4, -0.2) is 51.5 Å². The van der Waals surface area contributed by atoms with Crippen molar-refractivity contribution < 1.29 is 9.59 Å². The van der Waals surface area contributed by atoms with E-state index in [1.165, 1.54) is 37.8 Å². The Morgan fingerprint density at radius 2 is 1.70 bits per heavy atom. The zero-order valence-electron chi connectivity index (χ0n) is 19.5. The summed E-state index contributed by atoms with van der Waals surface area (Å²) in [6.45, 7) is 3.47. The van der Waals surface area contributed by atoms with Gasteiger partial charge in [0.05, 0.1) is 11.0 Å². The van der Waals surface area contributed by atoms with Gasteiger partial charge in [0.1, 0.15) is 6.04 Å². The average molecular weight is 454 g/mol. The van der Waals surface area contributed by atoms with Crippen LogP contribution in [0, 0.1) is 5.92 Å². The van der Waals surface area contributed by atoms with Crippen LogP contribution in [-0.2, 0) is 16.6 Å². The van der Waals surface area contributed by atoms with Crippen molar-refractivity contribution in [3.8, 4) is 0 Å². The minimum absolute atomic E-state index is 0.207. The van der Waals surface area contributed by atoms with Gasteiger partial charge in [-0.2, -0.15) is 0 Å². The third-order valence-corrected chi connectivity index (χ3v) is 8.10. The Labute approximate surface area is 194 Å². The highest BCUT2D eigenvalue weighted by Crippen LogP contribution is 2.37. The largest absolute Gasteiger partial charge is 0.329 e. The topological polar surface area (TPSA) is 102 Å². The SMILES string of the molecule is Cn1c(=O)n(C2CCC(=O)NC2=O)c2ccc(C3CCC(CN4CCC(N)CC4)CC3)cc21. The number of piperidine rings is 2. The zero-order valence-corrected chi connectivity index (χ0v) is 19.5. The number of nitrogens with zero attached hydrogens (tertiary/aromatic N) is 3. The third kappa shape index (κ3) is 4.38. The molecule has 1 aromatic heterocycles. The monoisotopic (exact) mass is 453 g/mol. The van der Waals surface area contributed by atoms with Gasteiger partial charge in [-0.25, -0.2) is 4.79 Å². The first-order chi connectivity index (χ1) is 15.9. The molecule has 1 aromatic carbocycles. The van der Waals surface area contributed by atoms with Crippen LogP contribution in [0.15, 0.2) is 23.0 Å². The van der Waals surface area contributed by atoms with Crippen molar-refractivity contribution in [1.82, 2.24) is 19.4 Å². The second-order valence-electron chi connectivity index (χ2n) is 10.3. The van der Waals surface area contributed by atoms with Gasteiger partial charge >= 0.3 is 5.69 Å². The van der Waals surface area contributed by atoms with E-state index in [0.717, 1.165) is 42.9 Å². The first-order valence-electron chi connectivity index (χ1n) is 12.4. The predicted molar refractivity (Wildman–Crippen MR) is 127 cm³/mol. The number of nitrogens with one attached hydrogen (secondary N) is 1. The van der Waals surface area contributed by atoms with E-state index in [1.807, 2.05) is 6.07 Å². The summed E-state index contributed by atoms with van der Waals surface area (Å²) in [5.41, 5.74) is 8.73. The smallest absolute Gasteiger partial charge is 0.328 e. The quantitative estimate of drug-likeness (QED) is 0.690. The molecule has 33 heavy (non-hydrogen) atoms. The summed E-state index contributed by atoms with van der Waals surface area (Å²) in [7, 11) is 1.76. The first-order valence-corrected chi connectivity index (χ1v) is 12.4. The van der Waals surface area contributed by atoms with Crippen molar-refractivity contribution in [3.05, 3.63) is 34.2 Å². The summed E-state index contributed by atoms with van der Waals surface area (Å²) in [5.74, 6) is 0.608. The maximum atomic E-state index is 13.0. The number of benzene rings is 1. The Hall–Kier alpha value is -2.45. The van der Waals surface area contributed by atoms with E-state index in [1.54, 1.807) is 16.2 Å². The van der Waals surface area contributed by atoms with Gasteiger partial charge in [0, 0.05) is 26.1 Å². The molecule has 3 aliphatic rings. The molecule has 3 fully saturated rings. The number of carbonyl (C=O) groups excluding carboxylic acids is 2. The molecule has 5 rings (SSSR count). The average Bonchev–Trinajstić information content (AvgIpc) is 3.06. The van der Waals surface area contributed by atoms with E-state index < -0.39 is 6.04 Å². The molecule has 1 unspecified atom stereocenters. The highest BCUT2D eigenvalue weighted by molar-refractivity contribution is 6.00. The molecule has 1 saturated carbocycles. The van der Waals surface area contributed by atoms with Crippen molar-refractivity contribution in [1.29, 1.82) is 0 Å². The van der Waals surface area contributed by atoms with Gasteiger partial charge in [0.25, 0.3) is 0 Å². The molecule has 0 bridgehead atoms. The molecule has 2 aromatic rings. The number of aromatic nitrogens is 2. The zero-order chi connectivity index (χ0) is 23.1. The lowest BCUT2D eigenvalue weighted by molar-refractivity contribution is -0.135. The minimum Gasteiger partial charge on any atom is -0.328 e. The summed E-state index contributed by atoms with van der Waals surface area (Å²) < 4.78 is 3.19. The lowest BCUT2D eigenvalue weighted by atomic mass is 9.78. The number of amides is 2. The fourth-order valence-corrected chi connectivity index (χ4v) is 6.04. The molecule has 2 aliphatic heterocycles. The number of imide groups is 1. The number of rotatable bonds is 4. The number of hydrogen-bond acceptors (Lipinski definition) is 5.